The van der Waals surface area contributed by atoms with Gasteiger partial charge >= 0.3 is 0 Å². The van der Waals surface area contributed by atoms with E-state index in [4.69, 9.17) is 0 Å². The smallest absolute Gasteiger partial charge is 0.0192 e. The molecule has 0 amide bonds. The van der Waals surface area contributed by atoms with Gasteiger partial charge in [0.05, 0.1) is 0 Å². The zero-order chi connectivity index (χ0) is 43.3. The van der Waals surface area contributed by atoms with Crippen LogP contribution in [0.4, 0.5) is 0 Å². The topological polar surface area (TPSA) is 15.3 Å². The zero-order valence-electron chi connectivity index (χ0n) is 42.2. The molecule has 0 saturated carbocycles. The van der Waals surface area contributed by atoms with Gasteiger partial charge in [-0.15, -0.1) is 0 Å². The fourth-order valence-electron chi connectivity index (χ4n) is 8.79. The zero-order valence-corrected chi connectivity index (χ0v) is 42.2. The highest BCUT2D eigenvalue weighted by atomic mass is 15.1. The van der Waals surface area contributed by atoms with Crippen LogP contribution < -0.4 is 5.32 Å². The maximum atomic E-state index is 4.00. The summed E-state index contributed by atoms with van der Waals surface area (Å²) in [6, 6.07) is 0.649. The number of nitrogens with one attached hydrogen (secondary N) is 1. The molecule has 0 heterocycles. The van der Waals surface area contributed by atoms with E-state index in [-0.39, 0.29) is 0 Å². The first-order valence-corrected chi connectivity index (χ1v) is 28.2. The van der Waals surface area contributed by atoms with Crippen molar-refractivity contribution < 1.29 is 0 Å². The first-order valence-electron chi connectivity index (χ1n) is 28.2. The molecule has 0 aromatic rings. The van der Waals surface area contributed by atoms with Crippen molar-refractivity contribution in [2.24, 2.45) is 0 Å². The number of allylic oxidation sites excluding steroid dienone is 6. The van der Waals surface area contributed by atoms with Gasteiger partial charge in [-0.1, -0.05) is 238 Å². The number of rotatable bonds is 52. The van der Waals surface area contributed by atoms with Gasteiger partial charge < -0.3 is 10.2 Å². The van der Waals surface area contributed by atoms with Crippen LogP contribution in [-0.4, -0.2) is 37.1 Å². The minimum atomic E-state index is 0.649. The molecule has 1 unspecified atom stereocenters. The molecule has 356 valence electrons. The summed E-state index contributed by atoms with van der Waals surface area (Å²) in [4.78, 5) is 2.85. The Morgan fingerprint density at radius 1 is 0.300 bits per heavy atom. The molecule has 0 rings (SSSR count). The molecule has 2 nitrogen and oxygen atoms in total. The molecule has 0 aliphatic carbocycles. The van der Waals surface area contributed by atoms with E-state index in [2.05, 4.69) is 74.4 Å². The Labute approximate surface area is 381 Å². The van der Waals surface area contributed by atoms with Crippen LogP contribution in [0.15, 0.2) is 36.5 Å². The quantitative estimate of drug-likeness (QED) is 0.0485. The summed E-state index contributed by atoms with van der Waals surface area (Å²) in [6.07, 6.45) is 74.4. The van der Waals surface area contributed by atoms with Gasteiger partial charge in [0, 0.05) is 12.6 Å². The molecule has 0 spiro atoms. The summed E-state index contributed by atoms with van der Waals surface area (Å²) >= 11 is 0. The molecule has 0 aliphatic heterocycles. The highest BCUT2D eigenvalue weighted by Gasteiger charge is 2.12. The van der Waals surface area contributed by atoms with Gasteiger partial charge in [-0.2, -0.15) is 0 Å². The Morgan fingerprint density at radius 3 is 0.833 bits per heavy atom. The minimum absolute atomic E-state index is 0.649. The summed E-state index contributed by atoms with van der Waals surface area (Å²) in [5, 5.41) is 4.00. The third-order valence-corrected chi connectivity index (χ3v) is 13.1. The fourth-order valence-corrected chi connectivity index (χ4v) is 8.79. The van der Waals surface area contributed by atoms with Crippen molar-refractivity contribution in [3.63, 3.8) is 0 Å². The monoisotopic (exact) mass is 839 g/mol. The van der Waals surface area contributed by atoms with E-state index in [1.165, 1.54) is 302 Å². The molecule has 0 radical (unpaired) electrons. The Hall–Kier alpha value is -0.860. The van der Waals surface area contributed by atoms with E-state index in [0.717, 1.165) is 0 Å². The minimum Gasteiger partial charge on any atom is -0.313 e. The maximum absolute atomic E-state index is 4.00. The van der Waals surface area contributed by atoms with Crippen LogP contribution in [0.1, 0.15) is 304 Å². The van der Waals surface area contributed by atoms with Crippen molar-refractivity contribution in [3.8, 4) is 0 Å². The molecular formula is C58H114N2. The number of nitrogens with zero attached hydrogens (tertiary/aromatic N) is 1. The highest BCUT2D eigenvalue weighted by Crippen LogP contribution is 2.15. The molecule has 0 fully saturated rings. The van der Waals surface area contributed by atoms with Crippen molar-refractivity contribution >= 4 is 0 Å². The second-order valence-electron chi connectivity index (χ2n) is 19.2. The maximum Gasteiger partial charge on any atom is 0.0192 e. The van der Waals surface area contributed by atoms with Gasteiger partial charge in [0.2, 0.25) is 0 Å². The van der Waals surface area contributed by atoms with E-state index in [1.807, 2.05) is 0 Å². The Balaban J connectivity index is 4.26. The molecule has 0 saturated heterocycles. The van der Waals surface area contributed by atoms with Gasteiger partial charge in [0.25, 0.3) is 0 Å². The van der Waals surface area contributed by atoms with Crippen LogP contribution in [0.2, 0.25) is 0 Å². The standard InChI is InChI=1S/C58H114N2/c1-5-9-12-15-18-21-24-27-30-33-36-39-42-45-48-51-54-59-58(8-4)57-60(55-52-49-46-43-40-37-34-31-28-25-22-19-16-13-10-6-2)56-53-50-47-44-41-38-35-32-29-26-23-20-17-14-11-7-3/h27-32,58-59H,5-26,33-57H2,1-4H3/b30-27-,31-28-,32-29-. The van der Waals surface area contributed by atoms with Crippen molar-refractivity contribution in [1.29, 1.82) is 0 Å². The molecular weight excluding hydrogens is 725 g/mol. The largest absolute Gasteiger partial charge is 0.313 e. The molecule has 2 heteroatoms. The first-order chi connectivity index (χ1) is 29.8. The number of hydrogen-bond donors (Lipinski definition) is 1. The molecule has 1 atom stereocenters. The predicted octanol–water partition coefficient (Wildman–Crippen LogP) is 19.8. The molecule has 0 aromatic carbocycles. The van der Waals surface area contributed by atoms with E-state index in [0.29, 0.717) is 6.04 Å². The SMILES string of the molecule is CCCCCCCC/C=C\CCCCCCCCNC(CC)CN(CCCCCCCC/C=C\CCCCCCCC)CCCCCCCC/C=C\CCCCCCCC. The molecule has 0 bridgehead atoms. The summed E-state index contributed by atoms with van der Waals surface area (Å²) in [5.74, 6) is 0. The summed E-state index contributed by atoms with van der Waals surface area (Å²) in [6.45, 7) is 14.4. The van der Waals surface area contributed by atoms with Crippen LogP contribution in [0.25, 0.3) is 0 Å². The lowest BCUT2D eigenvalue weighted by Crippen LogP contribution is -2.42. The lowest BCUT2D eigenvalue weighted by Gasteiger charge is -2.28. The molecule has 0 aromatic heterocycles. The van der Waals surface area contributed by atoms with Crippen molar-refractivity contribution in [2.45, 2.75) is 310 Å². The van der Waals surface area contributed by atoms with Crippen LogP contribution >= 0.6 is 0 Å². The Morgan fingerprint density at radius 2 is 0.550 bits per heavy atom. The van der Waals surface area contributed by atoms with E-state index < -0.39 is 0 Å². The molecule has 1 N–H and O–H groups in total. The van der Waals surface area contributed by atoms with E-state index in [1.54, 1.807) is 0 Å². The van der Waals surface area contributed by atoms with Crippen molar-refractivity contribution in [1.82, 2.24) is 10.2 Å². The molecule has 60 heavy (non-hydrogen) atoms. The lowest BCUT2D eigenvalue weighted by atomic mass is 10.1. The normalized spacial score (nSPS) is 12.8. The van der Waals surface area contributed by atoms with Crippen molar-refractivity contribution in [3.05, 3.63) is 36.5 Å². The predicted molar refractivity (Wildman–Crippen MR) is 277 cm³/mol. The summed E-state index contributed by atoms with van der Waals surface area (Å²) < 4.78 is 0. The first kappa shape index (κ1) is 59.1. The van der Waals surface area contributed by atoms with Gasteiger partial charge in [0.1, 0.15) is 0 Å². The molecule has 0 aliphatic rings. The average molecular weight is 840 g/mol. The Kier molecular flexibility index (Phi) is 53.5. The third-order valence-electron chi connectivity index (χ3n) is 13.1. The van der Waals surface area contributed by atoms with Gasteiger partial charge in [-0.05, 0) is 122 Å². The third kappa shape index (κ3) is 49.8. The fraction of sp³-hybridized carbons (Fsp3) is 0.897. The van der Waals surface area contributed by atoms with Crippen molar-refractivity contribution in [2.75, 3.05) is 26.2 Å². The summed E-state index contributed by atoms with van der Waals surface area (Å²) in [7, 11) is 0. The average Bonchev–Trinajstić information content (AvgIpc) is 3.26. The van der Waals surface area contributed by atoms with Crippen LogP contribution in [-0.2, 0) is 0 Å². The number of unbranched alkanes of at least 4 members (excludes halogenated alkanes) is 36. The lowest BCUT2D eigenvalue weighted by molar-refractivity contribution is 0.228. The summed E-state index contributed by atoms with van der Waals surface area (Å²) in [5.41, 5.74) is 0. The van der Waals surface area contributed by atoms with Gasteiger partial charge in [-0.25, -0.2) is 0 Å². The van der Waals surface area contributed by atoms with Gasteiger partial charge in [0.15, 0.2) is 0 Å². The van der Waals surface area contributed by atoms with Crippen LogP contribution in [0.5, 0.6) is 0 Å². The second-order valence-corrected chi connectivity index (χ2v) is 19.2. The number of hydrogen-bond acceptors (Lipinski definition) is 2. The van der Waals surface area contributed by atoms with Crippen LogP contribution in [0.3, 0.4) is 0 Å². The van der Waals surface area contributed by atoms with Gasteiger partial charge in [-0.3, -0.25) is 0 Å². The van der Waals surface area contributed by atoms with E-state index in [9.17, 15) is 0 Å². The highest BCUT2D eigenvalue weighted by molar-refractivity contribution is 4.83. The van der Waals surface area contributed by atoms with E-state index >= 15 is 0 Å². The Bertz CT molecular complexity index is 802. The second kappa shape index (κ2) is 54.3. The van der Waals surface area contributed by atoms with Crippen LogP contribution in [0, 0.1) is 0 Å².